The van der Waals surface area contributed by atoms with Crippen molar-refractivity contribution < 1.29 is 14.6 Å². The number of carbonyl (C=O) groups is 1. The zero-order chi connectivity index (χ0) is 22.0. The molecular weight excluding hydrogens is 396 g/mol. The van der Waals surface area contributed by atoms with Crippen molar-refractivity contribution in [2.75, 3.05) is 13.7 Å². The number of aliphatic hydroxyl groups is 1. The predicted octanol–water partition coefficient (Wildman–Crippen LogP) is 2.38. The van der Waals surface area contributed by atoms with Crippen LogP contribution in [0.25, 0.3) is 16.6 Å². The van der Waals surface area contributed by atoms with Crippen LogP contribution in [0.1, 0.15) is 15.9 Å². The highest BCUT2D eigenvalue weighted by Gasteiger charge is 2.15. The number of Topliss-reactive ketones (excluding diaryl/α,β-unsaturated/α-hetero) is 1. The second-order valence-electron chi connectivity index (χ2n) is 7.00. The number of methoxy groups -OCH3 is 1. The fourth-order valence-electron chi connectivity index (χ4n) is 3.50. The van der Waals surface area contributed by atoms with Gasteiger partial charge in [-0.3, -0.25) is 14.2 Å². The summed E-state index contributed by atoms with van der Waals surface area (Å²) in [5.41, 5.74) is 1.28. The number of para-hydroxylation sites is 1. The number of hydrogen-bond acceptors (Lipinski definition) is 5. The molecule has 0 aliphatic carbocycles. The van der Waals surface area contributed by atoms with Gasteiger partial charge in [-0.2, -0.15) is 0 Å². The Kier molecular flexibility index (Phi) is 5.51. The van der Waals surface area contributed by atoms with E-state index < -0.39 is 17.9 Å². The molecule has 3 aromatic carbocycles. The molecule has 4 rings (SSSR count). The van der Waals surface area contributed by atoms with Gasteiger partial charge in [-0.1, -0.05) is 36.4 Å². The van der Waals surface area contributed by atoms with Crippen LogP contribution in [-0.4, -0.2) is 33.7 Å². The zero-order valence-corrected chi connectivity index (χ0v) is 16.8. The van der Waals surface area contributed by atoms with Crippen molar-refractivity contribution in [3.63, 3.8) is 0 Å². The third-order valence-corrected chi connectivity index (χ3v) is 5.14. The molecule has 0 bridgehead atoms. The lowest BCUT2D eigenvalue weighted by atomic mass is 10.1. The average molecular weight is 416 g/mol. The molecule has 0 saturated heterocycles. The molecule has 0 atom stereocenters. The van der Waals surface area contributed by atoms with Gasteiger partial charge in [-0.15, -0.1) is 0 Å². The lowest BCUT2D eigenvalue weighted by molar-refractivity contribution is 0.0903. The van der Waals surface area contributed by atoms with Gasteiger partial charge in [-0.05, 0) is 42.0 Å². The van der Waals surface area contributed by atoms with Crippen LogP contribution in [0, 0.1) is 0 Å². The maximum Gasteiger partial charge on any atom is 0.336 e. The number of benzene rings is 3. The Bertz CT molecular complexity index is 1370. The SMILES string of the molecule is COc1ccc(-n2c(=O)c3ccccc3n(Cc3ccc(C(=O)CO)cc3)c2=O)cc1. The molecule has 0 amide bonds. The largest absolute Gasteiger partial charge is 0.497 e. The fourth-order valence-corrected chi connectivity index (χ4v) is 3.50. The topological polar surface area (TPSA) is 90.5 Å². The van der Waals surface area contributed by atoms with Crippen molar-refractivity contribution in [3.05, 3.63) is 105 Å². The number of ether oxygens (including phenoxy) is 1. The van der Waals surface area contributed by atoms with E-state index in [0.717, 1.165) is 10.1 Å². The predicted molar refractivity (Wildman–Crippen MR) is 117 cm³/mol. The maximum absolute atomic E-state index is 13.4. The van der Waals surface area contributed by atoms with Crippen molar-refractivity contribution in [2.45, 2.75) is 6.54 Å². The van der Waals surface area contributed by atoms with E-state index in [0.29, 0.717) is 27.9 Å². The molecule has 0 aliphatic heterocycles. The van der Waals surface area contributed by atoms with E-state index in [1.807, 2.05) is 0 Å². The first kappa shape index (κ1) is 20.3. The number of ketones is 1. The van der Waals surface area contributed by atoms with Gasteiger partial charge < -0.3 is 9.84 Å². The number of aliphatic hydroxyl groups excluding tert-OH is 1. The molecule has 1 N–H and O–H groups in total. The van der Waals surface area contributed by atoms with E-state index in [4.69, 9.17) is 9.84 Å². The van der Waals surface area contributed by atoms with E-state index in [2.05, 4.69) is 0 Å². The smallest absolute Gasteiger partial charge is 0.336 e. The average Bonchev–Trinajstić information content (AvgIpc) is 2.82. The van der Waals surface area contributed by atoms with E-state index in [9.17, 15) is 14.4 Å². The number of fused-ring (bicyclic) bond motifs is 1. The molecule has 1 aromatic heterocycles. The summed E-state index contributed by atoms with van der Waals surface area (Å²) >= 11 is 0. The Labute approximate surface area is 177 Å². The minimum Gasteiger partial charge on any atom is -0.497 e. The third-order valence-electron chi connectivity index (χ3n) is 5.14. The van der Waals surface area contributed by atoms with Crippen LogP contribution in [0.15, 0.2) is 82.4 Å². The van der Waals surface area contributed by atoms with Gasteiger partial charge >= 0.3 is 5.69 Å². The highest BCUT2D eigenvalue weighted by atomic mass is 16.5. The standard InChI is InChI=1S/C24H20N2O5/c1-31-19-12-10-18(11-13-19)26-23(29)20-4-2-3-5-21(20)25(24(26)30)14-16-6-8-17(9-7-16)22(28)15-27/h2-13,27H,14-15H2,1H3. The first-order valence-electron chi connectivity index (χ1n) is 9.65. The lowest BCUT2D eigenvalue weighted by Crippen LogP contribution is -2.39. The summed E-state index contributed by atoms with van der Waals surface area (Å²) < 4.78 is 7.84. The Morgan fingerprint density at radius 1 is 0.935 bits per heavy atom. The Morgan fingerprint density at radius 2 is 1.61 bits per heavy atom. The summed E-state index contributed by atoms with van der Waals surface area (Å²) in [6.45, 7) is -0.348. The first-order chi connectivity index (χ1) is 15.0. The Hall–Kier alpha value is -3.97. The van der Waals surface area contributed by atoms with Crippen molar-refractivity contribution in [1.82, 2.24) is 9.13 Å². The van der Waals surface area contributed by atoms with Gasteiger partial charge in [0, 0.05) is 5.56 Å². The molecule has 0 saturated carbocycles. The Morgan fingerprint density at radius 3 is 2.26 bits per heavy atom. The molecular formula is C24H20N2O5. The molecule has 4 aromatic rings. The number of nitrogens with zero attached hydrogens (tertiary/aromatic N) is 2. The summed E-state index contributed by atoms with van der Waals surface area (Å²) in [7, 11) is 1.55. The number of hydrogen-bond donors (Lipinski definition) is 1. The van der Waals surface area contributed by atoms with Crippen molar-refractivity contribution in [3.8, 4) is 11.4 Å². The molecule has 0 spiro atoms. The first-order valence-corrected chi connectivity index (χ1v) is 9.65. The van der Waals surface area contributed by atoms with E-state index in [-0.39, 0.29) is 12.3 Å². The summed E-state index contributed by atoms with van der Waals surface area (Å²) in [5.74, 6) is 0.248. The number of aromatic nitrogens is 2. The maximum atomic E-state index is 13.4. The van der Waals surface area contributed by atoms with Crippen LogP contribution in [0.3, 0.4) is 0 Å². The van der Waals surface area contributed by atoms with Gasteiger partial charge in [0.05, 0.1) is 30.2 Å². The van der Waals surface area contributed by atoms with E-state index in [1.54, 1.807) is 79.9 Å². The van der Waals surface area contributed by atoms with Gasteiger partial charge in [-0.25, -0.2) is 9.36 Å². The van der Waals surface area contributed by atoms with Crippen molar-refractivity contribution >= 4 is 16.7 Å². The van der Waals surface area contributed by atoms with E-state index in [1.165, 1.54) is 4.57 Å². The molecule has 7 nitrogen and oxygen atoms in total. The van der Waals surface area contributed by atoms with Crippen LogP contribution >= 0.6 is 0 Å². The highest BCUT2D eigenvalue weighted by molar-refractivity contribution is 5.96. The molecule has 0 unspecified atom stereocenters. The fraction of sp³-hybridized carbons (Fsp3) is 0.125. The van der Waals surface area contributed by atoms with Crippen molar-refractivity contribution in [2.24, 2.45) is 0 Å². The number of rotatable bonds is 6. The molecule has 7 heteroatoms. The molecule has 1 heterocycles. The van der Waals surface area contributed by atoms with Crippen LogP contribution in [0.2, 0.25) is 0 Å². The second-order valence-corrected chi connectivity index (χ2v) is 7.00. The van der Waals surface area contributed by atoms with Gasteiger partial charge in [0.15, 0.2) is 5.78 Å². The normalized spacial score (nSPS) is 10.9. The third kappa shape index (κ3) is 3.78. The van der Waals surface area contributed by atoms with Crippen LogP contribution in [-0.2, 0) is 6.54 Å². The molecule has 0 fully saturated rings. The summed E-state index contributed by atoms with van der Waals surface area (Å²) in [5, 5.41) is 9.43. The number of carbonyl (C=O) groups excluding carboxylic acids is 1. The zero-order valence-electron chi connectivity index (χ0n) is 16.8. The monoisotopic (exact) mass is 416 g/mol. The molecule has 0 aliphatic rings. The van der Waals surface area contributed by atoms with E-state index >= 15 is 0 Å². The summed E-state index contributed by atoms with van der Waals surface area (Å²) in [6.07, 6.45) is 0. The highest BCUT2D eigenvalue weighted by Crippen LogP contribution is 2.15. The Balaban J connectivity index is 1.87. The minimum absolute atomic E-state index is 0.212. The van der Waals surface area contributed by atoms with Gasteiger partial charge in [0.1, 0.15) is 12.4 Å². The molecule has 156 valence electrons. The van der Waals surface area contributed by atoms with Crippen molar-refractivity contribution in [1.29, 1.82) is 0 Å². The van der Waals surface area contributed by atoms with Gasteiger partial charge in [0.25, 0.3) is 5.56 Å². The molecule has 31 heavy (non-hydrogen) atoms. The van der Waals surface area contributed by atoms with Gasteiger partial charge in [0.2, 0.25) is 0 Å². The van der Waals surface area contributed by atoms with Crippen LogP contribution in [0.5, 0.6) is 5.75 Å². The summed E-state index contributed by atoms with van der Waals surface area (Å²) in [4.78, 5) is 38.2. The second kappa shape index (κ2) is 8.41. The molecule has 0 radical (unpaired) electrons. The van der Waals surface area contributed by atoms with Crippen LogP contribution in [0.4, 0.5) is 0 Å². The lowest BCUT2D eigenvalue weighted by Gasteiger charge is -2.15. The quantitative estimate of drug-likeness (QED) is 0.488. The van der Waals surface area contributed by atoms with Crippen LogP contribution < -0.4 is 16.0 Å². The summed E-state index contributed by atoms with van der Waals surface area (Å²) in [6, 6.07) is 20.4. The minimum atomic E-state index is -0.559.